The zero-order valence-corrected chi connectivity index (χ0v) is 17.5. The Kier molecular flexibility index (Phi) is 6.82. The molecule has 28 heavy (non-hydrogen) atoms. The van der Waals surface area contributed by atoms with Gasteiger partial charge in [0.15, 0.2) is 6.10 Å². The molecule has 0 fully saturated rings. The van der Waals surface area contributed by atoms with Crippen LogP contribution in [0.25, 0.3) is 0 Å². The van der Waals surface area contributed by atoms with E-state index in [9.17, 15) is 18.0 Å². The van der Waals surface area contributed by atoms with Crippen LogP contribution < -0.4 is 5.32 Å². The van der Waals surface area contributed by atoms with Gasteiger partial charge >= 0.3 is 5.97 Å². The first kappa shape index (κ1) is 21.9. The number of sulfonamides is 1. The van der Waals surface area contributed by atoms with Crippen LogP contribution in [-0.2, 0) is 19.6 Å². The number of esters is 1. The summed E-state index contributed by atoms with van der Waals surface area (Å²) in [5.41, 5.74) is 1.47. The monoisotopic (exact) mass is 424 g/mol. The highest BCUT2D eigenvalue weighted by molar-refractivity contribution is 7.89. The van der Waals surface area contributed by atoms with Gasteiger partial charge in [-0.1, -0.05) is 29.3 Å². The largest absolute Gasteiger partial charge is 0.449 e. The molecule has 0 saturated heterocycles. The number of benzene rings is 2. The quantitative estimate of drug-likeness (QED) is 0.719. The van der Waals surface area contributed by atoms with Gasteiger partial charge in [0.1, 0.15) is 0 Å². The minimum absolute atomic E-state index is 0.0221. The second-order valence-electron chi connectivity index (χ2n) is 6.33. The maximum atomic E-state index is 12.4. The van der Waals surface area contributed by atoms with Gasteiger partial charge in [-0.2, -0.15) is 0 Å². The van der Waals surface area contributed by atoms with E-state index >= 15 is 0 Å². The Morgan fingerprint density at radius 3 is 2.29 bits per heavy atom. The van der Waals surface area contributed by atoms with Crippen molar-refractivity contribution in [3.63, 3.8) is 0 Å². The molecular formula is C19H21ClN2O5S. The second kappa shape index (κ2) is 8.72. The molecule has 1 N–H and O–H groups in total. The molecule has 9 heteroatoms. The van der Waals surface area contributed by atoms with Crippen molar-refractivity contribution in [2.75, 3.05) is 19.4 Å². The molecule has 2 aromatic carbocycles. The summed E-state index contributed by atoms with van der Waals surface area (Å²) in [4.78, 5) is 24.6. The van der Waals surface area contributed by atoms with Gasteiger partial charge in [-0.25, -0.2) is 17.5 Å². The zero-order chi connectivity index (χ0) is 21.1. The fourth-order valence-electron chi connectivity index (χ4n) is 2.19. The van der Waals surface area contributed by atoms with Gasteiger partial charge in [-0.05, 0) is 44.2 Å². The van der Waals surface area contributed by atoms with Gasteiger partial charge in [0.2, 0.25) is 10.0 Å². The van der Waals surface area contributed by atoms with Crippen LogP contribution in [0.1, 0.15) is 22.8 Å². The summed E-state index contributed by atoms with van der Waals surface area (Å²) in [5, 5.41) is 2.66. The molecule has 0 saturated carbocycles. The van der Waals surface area contributed by atoms with Crippen LogP contribution in [-0.4, -0.2) is 44.8 Å². The summed E-state index contributed by atoms with van der Waals surface area (Å²) in [6, 6.07) is 10.9. The van der Waals surface area contributed by atoms with E-state index in [1.54, 1.807) is 12.1 Å². The maximum Gasteiger partial charge on any atom is 0.340 e. The first-order valence-electron chi connectivity index (χ1n) is 8.33. The fraction of sp³-hybridized carbons (Fsp3) is 0.263. The van der Waals surface area contributed by atoms with E-state index in [1.807, 2.05) is 19.1 Å². The summed E-state index contributed by atoms with van der Waals surface area (Å²) >= 11 is 6.02. The zero-order valence-electron chi connectivity index (χ0n) is 15.9. The van der Waals surface area contributed by atoms with Crippen molar-refractivity contribution in [1.29, 1.82) is 0 Å². The third kappa shape index (κ3) is 5.09. The highest BCUT2D eigenvalue weighted by Crippen LogP contribution is 2.23. The normalized spacial score (nSPS) is 12.5. The molecule has 1 amide bonds. The van der Waals surface area contributed by atoms with Crippen LogP contribution >= 0.6 is 11.6 Å². The standard InChI is InChI=1S/C19H21ClN2O5S/c1-12-5-7-14(8-6-12)21-18(23)13(2)27-19(24)16-11-15(9-10-17(16)20)28(25,26)22(3)4/h5-11,13H,1-4H3,(H,21,23)/t13-/m1/s1. The minimum Gasteiger partial charge on any atom is -0.449 e. The molecule has 0 spiro atoms. The van der Waals surface area contributed by atoms with Crippen LogP contribution in [0.2, 0.25) is 5.02 Å². The number of aryl methyl sites for hydroxylation is 1. The number of hydrogen-bond acceptors (Lipinski definition) is 5. The van der Waals surface area contributed by atoms with E-state index in [4.69, 9.17) is 16.3 Å². The molecule has 1 atom stereocenters. The minimum atomic E-state index is -3.75. The van der Waals surface area contributed by atoms with Crippen molar-refractivity contribution in [3.05, 3.63) is 58.6 Å². The van der Waals surface area contributed by atoms with Crippen LogP contribution in [0.15, 0.2) is 47.4 Å². The highest BCUT2D eigenvalue weighted by atomic mass is 35.5. The SMILES string of the molecule is Cc1ccc(NC(=O)[C@@H](C)OC(=O)c2cc(S(=O)(=O)N(C)C)ccc2Cl)cc1. The van der Waals surface area contributed by atoms with Gasteiger partial charge in [0.25, 0.3) is 5.91 Å². The van der Waals surface area contributed by atoms with Crippen molar-refractivity contribution in [2.24, 2.45) is 0 Å². The molecule has 0 aliphatic heterocycles. The number of halogens is 1. The molecule has 150 valence electrons. The molecule has 0 unspecified atom stereocenters. The number of amides is 1. The molecule has 2 aromatic rings. The summed E-state index contributed by atoms with van der Waals surface area (Å²) < 4.78 is 30.7. The van der Waals surface area contributed by atoms with Crippen LogP contribution in [0.3, 0.4) is 0 Å². The van der Waals surface area contributed by atoms with E-state index in [1.165, 1.54) is 33.2 Å². The number of nitrogens with one attached hydrogen (secondary N) is 1. The van der Waals surface area contributed by atoms with Gasteiger partial charge in [0.05, 0.1) is 15.5 Å². The lowest BCUT2D eigenvalue weighted by Crippen LogP contribution is -2.30. The van der Waals surface area contributed by atoms with E-state index in [-0.39, 0.29) is 15.5 Å². The Hall–Kier alpha value is -2.42. The Morgan fingerprint density at radius 2 is 1.71 bits per heavy atom. The van der Waals surface area contributed by atoms with Crippen LogP contribution in [0.5, 0.6) is 0 Å². The van der Waals surface area contributed by atoms with Gasteiger partial charge in [-0.3, -0.25) is 4.79 Å². The highest BCUT2D eigenvalue weighted by Gasteiger charge is 2.24. The summed E-state index contributed by atoms with van der Waals surface area (Å²) in [6.45, 7) is 3.33. The van der Waals surface area contributed by atoms with Gasteiger partial charge in [0, 0.05) is 19.8 Å². The van der Waals surface area contributed by atoms with Crippen LogP contribution in [0, 0.1) is 6.92 Å². The molecule has 0 bridgehead atoms. The Morgan fingerprint density at radius 1 is 1.11 bits per heavy atom. The Balaban J connectivity index is 2.15. The molecule has 0 aliphatic carbocycles. The number of carbonyl (C=O) groups is 2. The molecular weight excluding hydrogens is 404 g/mol. The van der Waals surface area contributed by atoms with Crippen molar-refractivity contribution in [3.8, 4) is 0 Å². The Bertz CT molecular complexity index is 988. The third-order valence-corrected chi connectivity index (χ3v) is 6.05. The predicted octanol–water partition coefficient (Wildman–Crippen LogP) is 3.08. The lowest BCUT2D eigenvalue weighted by molar-refractivity contribution is -0.123. The van der Waals surface area contributed by atoms with Crippen molar-refractivity contribution in [2.45, 2.75) is 24.8 Å². The average Bonchev–Trinajstić information content (AvgIpc) is 2.63. The second-order valence-corrected chi connectivity index (χ2v) is 8.89. The van der Waals surface area contributed by atoms with Crippen LogP contribution in [0.4, 0.5) is 5.69 Å². The topological polar surface area (TPSA) is 92.8 Å². The Labute approximate surface area is 169 Å². The summed E-state index contributed by atoms with van der Waals surface area (Å²) in [6.07, 6.45) is -1.11. The number of ether oxygens (including phenoxy) is 1. The van der Waals surface area contributed by atoms with Crippen molar-refractivity contribution < 1.29 is 22.7 Å². The number of carbonyl (C=O) groups excluding carboxylic acids is 2. The molecule has 0 heterocycles. The molecule has 7 nitrogen and oxygen atoms in total. The number of hydrogen-bond donors (Lipinski definition) is 1. The van der Waals surface area contributed by atoms with E-state index in [0.717, 1.165) is 15.9 Å². The van der Waals surface area contributed by atoms with Gasteiger partial charge in [-0.15, -0.1) is 0 Å². The number of rotatable bonds is 6. The average molecular weight is 425 g/mol. The first-order valence-corrected chi connectivity index (χ1v) is 10.1. The lowest BCUT2D eigenvalue weighted by Gasteiger charge is -2.15. The molecule has 2 rings (SSSR count). The smallest absolute Gasteiger partial charge is 0.340 e. The lowest BCUT2D eigenvalue weighted by atomic mass is 10.2. The summed E-state index contributed by atoms with van der Waals surface area (Å²) in [5.74, 6) is -1.42. The summed E-state index contributed by atoms with van der Waals surface area (Å²) in [7, 11) is -1.00. The maximum absolute atomic E-state index is 12.4. The van der Waals surface area contributed by atoms with E-state index in [2.05, 4.69) is 5.32 Å². The third-order valence-electron chi connectivity index (χ3n) is 3.91. The molecule has 0 aliphatic rings. The van der Waals surface area contributed by atoms with Crippen molar-refractivity contribution >= 4 is 39.2 Å². The first-order chi connectivity index (χ1) is 13.0. The molecule has 0 aromatic heterocycles. The van der Waals surface area contributed by atoms with Crippen molar-refractivity contribution in [1.82, 2.24) is 4.31 Å². The van der Waals surface area contributed by atoms with Gasteiger partial charge < -0.3 is 10.1 Å². The fourth-order valence-corrected chi connectivity index (χ4v) is 3.31. The van der Waals surface area contributed by atoms with E-state index < -0.39 is 28.0 Å². The van der Waals surface area contributed by atoms with E-state index in [0.29, 0.717) is 5.69 Å². The number of anilines is 1. The predicted molar refractivity (Wildman–Crippen MR) is 107 cm³/mol. The number of nitrogens with zero attached hydrogens (tertiary/aromatic N) is 1. The molecule has 0 radical (unpaired) electrons.